The van der Waals surface area contributed by atoms with Crippen molar-refractivity contribution in [3.63, 3.8) is 0 Å². The third-order valence-electron chi connectivity index (χ3n) is 2.12. The Kier molecular flexibility index (Phi) is 5.18. The molecule has 0 aromatic heterocycles. The molecular weight excluding hydrogens is 226 g/mol. The summed E-state index contributed by atoms with van der Waals surface area (Å²) < 4.78 is 4.89. The van der Waals surface area contributed by atoms with E-state index in [1.165, 1.54) is 13.2 Å². The summed E-state index contributed by atoms with van der Waals surface area (Å²) in [5.41, 5.74) is 3.35. The molecule has 7 nitrogen and oxygen atoms in total. The highest BCUT2D eigenvalue weighted by Gasteiger charge is 2.16. The molecule has 0 heterocycles. The van der Waals surface area contributed by atoms with Crippen LogP contribution in [0.2, 0.25) is 0 Å². The fraction of sp³-hybridized carbons (Fsp3) is 0.400. The van der Waals surface area contributed by atoms with E-state index in [0.29, 0.717) is 29.4 Å². The number of hydrogen-bond donors (Lipinski definition) is 3. The normalized spacial score (nSPS) is 9.82. The number of methoxy groups -OCH3 is 1. The molecule has 0 aliphatic rings. The molecule has 1 aromatic rings. The van der Waals surface area contributed by atoms with Crippen molar-refractivity contribution in [2.75, 3.05) is 38.2 Å². The van der Waals surface area contributed by atoms with Crippen molar-refractivity contribution < 1.29 is 19.7 Å². The minimum atomic E-state index is 0.279. The van der Waals surface area contributed by atoms with Gasteiger partial charge in [0.15, 0.2) is 7.11 Å². The van der Waals surface area contributed by atoms with Crippen LogP contribution < -0.4 is 10.8 Å². The fourth-order valence-electron chi connectivity index (χ4n) is 1.29. The molecule has 3 N–H and O–H groups in total. The largest absolute Gasteiger partial charge is 0.383 e. The molecule has 0 aliphatic carbocycles. The van der Waals surface area contributed by atoms with Crippen LogP contribution in [-0.2, 0) is 9.57 Å². The van der Waals surface area contributed by atoms with Gasteiger partial charge in [0.25, 0.3) is 4.92 Å². The number of nitrogens with zero attached hydrogens (tertiary/aromatic N) is 1. The molecule has 0 aliphatic heterocycles. The zero-order valence-electron chi connectivity index (χ0n) is 9.77. The smallest absolute Gasteiger partial charge is 0.319 e. The maximum absolute atomic E-state index is 11.2. The highest BCUT2D eigenvalue weighted by Crippen LogP contribution is 2.26. The van der Waals surface area contributed by atoms with Crippen LogP contribution in [-0.4, -0.2) is 37.5 Å². The highest BCUT2D eigenvalue weighted by atomic mass is 16.8. The first kappa shape index (κ1) is 13.2. The second kappa shape index (κ2) is 6.66. The van der Waals surface area contributed by atoms with E-state index in [0.717, 1.165) is 0 Å². The average Bonchev–Trinajstić information content (AvgIpc) is 2.38. The van der Waals surface area contributed by atoms with E-state index >= 15 is 0 Å². The number of anilines is 2. The maximum Gasteiger partial charge on any atom is 0.319 e. The van der Waals surface area contributed by atoms with Gasteiger partial charge in [0.1, 0.15) is 0 Å². The van der Waals surface area contributed by atoms with Crippen LogP contribution in [0, 0.1) is 4.91 Å². The second-order valence-electron chi connectivity index (χ2n) is 3.20. The molecule has 94 valence electrons. The standard InChI is InChI=1S/C10H16N3O4/c1-16-6-5-11-9-4-3-8(13(15)17-2)7-10(9)12-14/h3-4,7,11-12,14H,5-6H2,1-2H3/q+1. The van der Waals surface area contributed by atoms with Crippen molar-refractivity contribution in [2.24, 2.45) is 0 Å². The molecule has 1 rings (SSSR count). The van der Waals surface area contributed by atoms with E-state index in [1.54, 1.807) is 19.2 Å². The molecule has 0 radical (unpaired) electrons. The number of ether oxygens (including phenoxy) is 1. The Morgan fingerprint density at radius 2 is 2.12 bits per heavy atom. The van der Waals surface area contributed by atoms with Gasteiger partial charge in [0.05, 0.1) is 22.9 Å². The van der Waals surface area contributed by atoms with Crippen molar-refractivity contribution in [1.29, 1.82) is 0 Å². The predicted octanol–water partition coefficient (Wildman–Crippen LogP) is 1.52. The van der Waals surface area contributed by atoms with E-state index in [-0.39, 0.29) is 5.69 Å². The summed E-state index contributed by atoms with van der Waals surface area (Å²) in [7, 11) is 2.87. The average molecular weight is 242 g/mol. The van der Waals surface area contributed by atoms with Crippen molar-refractivity contribution >= 4 is 17.1 Å². The first-order valence-electron chi connectivity index (χ1n) is 5.01. The summed E-state index contributed by atoms with van der Waals surface area (Å²) in [5, 5.41) is 12.0. The summed E-state index contributed by atoms with van der Waals surface area (Å²) in [6.45, 7) is 1.13. The molecule has 0 saturated carbocycles. The molecule has 17 heavy (non-hydrogen) atoms. The van der Waals surface area contributed by atoms with Gasteiger partial charge in [-0.05, 0) is 6.07 Å². The van der Waals surface area contributed by atoms with Crippen molar-refractivity contribution in [2.45, 2.75) is 0 Å². The quantitative estimate of drug-likeness (QED) is 0.496. The molecule has 0 unspecified atom stereocenters. The van der Waals surface area contributed by atoms with Crippen LogP contribution in [0.15, 0.2) is 18.2 Å². The lowest BCUT2D eigenvalue weighted by atomic mass is 10.2. The summed E-state index contributed by atoms with van der Waals surface area (Å²) in [4.78, 5) is 16.0. The van der Waals surface area contributed by atoms with Crippen molar-refractivity contribution in [3.05, 3.63) is 23.1 Å². The van der Waals surface area contributed by atoms with E-state index in [2.05, 4.69) is 10.2 Å². The van der Waals surface area contributed by atoms with Crippen LogP contribution in [0.3, 0.4) is 0 Å². The first-order valence-corrected chi connectivity index (χ1v) is 5.01. The van der Waals surface area contributed by atoms with Gasteiger partial charge in [-0.2, -0.15) is 0 Å². The van der Waals surface area contributed by atoms with Crippen molar-refractivity contribution in [3.8, 4) is 0 Å². The Balaban J connectivity index is 2.81. The Bertz CT molecular complexity index is 384. The van der Waals surface area contributed by atoms with Gasteiger partial charge in [0.2, 0.25) is 0 Å². The van der Waals surface area contributed by atoms with Crippen molar-refractivity contribution in [1.82, 2.24) is 0 Å². The van der Waals surface area contributed by atoms with Gasteiger partial charge in [0, 0.05) is 25.8 Å². The number of hydrogen-bond acceptors (Lipinski definition) is 6. The molecular formula is C10H16N3O4+. The molecule has 0 spiro atoms. The minimum absolute atomic E-state index is 0.279. The topological polar surface area (TPSA) is 82.8 Å². The number of benzene rings is 1. The maximum atomic E-state index is 11.2. The van der Waals surface area contributed by atoms with Crippen LogP contribution in [0.25, 0.3) is 0 Å². The number of rotatable bonds is 7. The molecule has 0 fully saturated rings. The lowest BCUT2D eigenvalue weighted by Gasteiger charge is -2.09. The zero-order chi connectivity index (χ0) is 12.7. The second-order valence-corrected chi connectivity index (χ2v) is 3.20. The molecule has 7 heteroatoms. The first-order chi connectivity index (χ1) is 8.22. The monoisotopic (exact) mass is 242 g/mol. The third kappa shape index (κ3) is 3.58. The van der Waals surface area contributed by atoms with E-state index in [1.807, 2.05) is 5.48 Å². The minimum Gasteiger partial charge on any atom is -0.383 e. The Morgan fingerprint density at radius 1 is 1.35 bits per heavy atom. The molecule has 0 amide bonds. The van der Waals surface area contributed by atoms with Crippen LogP contribution in [0.4, 0.5) is 17.1 Å². The predicted molar refractivity (Wildman–Crippen MR) is 62.5 cm³/mol. The summed E-state index contributed by atoms with van der Waals surface area (Å²) in [6.07, 6.45) is 0. The summed E-state index contributed by atoms with van der Waals surface area (Å²) in [6, 6.07) is 4.70. The van der Waals surface area contributed by atoms with Crippen LogP contribution in [0.5, 0.6) is 0 Å². The summed E-state index contributed by atoms with van der Waals surface area (Å²) >= 11 is 0. The Hall–Kier alpha value is -1.86. The van der Waals surface area contributed by atoms with Gasteiger partial charge < -0.3 is 10.1 Å². The van der Waals surface area contributed by atoms with E-state index in [9.17, 15) is 4.91 Å². The van der Waals surface area contributed by atoms with Gasteiger partial charge in [-0.1, -0.05) is 0 Å². The molecule has 0 atom stereocenters. The van der Waals surface area contributed by atoms with Gasteiger partial charge in [-0.3, -0.25) is 10.7 Å². The van der Waals surface area contributed by atoms with Gasteiger partial charge in [-0.15, -0.1) is 0 Å². The highest BCUT2D eigenvalue weighted by molar-refractivity contribution is 5.70. The van der Waals surface area contributed by atoms with E-state index in [4.69, 9.17) is 9.94 Å². The zero-order valence-corrected chi connectivity index (χ0v) is 9.77. The third-order valence-corrected chi connectivity index (χ3v) is 2.12. The fourth-order valence-corrected chi connectivity index (χ4v) is 1.29. The van der Waals surface area contributed by atoms with Crippen LogP contribution >= 0.6 is 0 Å². The van der Waals surface area contributed by atoms with Crippen LogP contribution in [0.1, 0.15) is 0 Å². The molecule has 1 aromatic carbocycles. The Labute approximate surface area is 98.8 Å². The van der Waals surface area contributed by atoms with Gasteiger partial charge >= 0.3 is 5.69 Å². The SMILES string of the molecule is COCCNc1ccc([N+](=O)OC)cc1NO. The Morgan fingerprint density at radius 3 is 2.71 bits per heavy atom. The molecule has 0 saturated heterocycles. The lowest BCUT2D eigenvalue weighted by molar-refractivity contribution is -0.736. The molecule has 0 bridgehead atoms. The lowest BCUT2D eigenvalue weighted by Crippen LogP contribution is -2.09. The summed E-state index contributed by atoms with van der Waals surface area (Å²) in [5.74, 6) is 0. The van der Waals surface area contributed by atoms with E-state index < -0.39 is 0 Å². The van der Waals surface area contributed by atoms with Gasteiger partial charge in [-0.25, -0.2) is 4.84 Å². The number of nitrogens with one attached hydrogen (secondary N) is 2.